The van der Waals surface area contributed by atoms with E-state index in [-0.39, 0.29) is 31.3 Å². The minimum atomic E-state index is -5.08. The topological polar surface area (TPSA) is 177 Å². The number of carbonyl (C=O) groups excluding carboxylic acids is 2. The summed E-state index contributed by atoms with van der Waals surface area (Å²) in [5, 5.41) is 43.5. The first-order valence-electron chi connectivity index (χ1n) is 14.4. The summed E-state index contributed by atoms with van der Waals surface area (Å²) in [6.45, 7) is 5.64. The number of aliphatic hydroxyl groups is 3. The van der Waals surface area contributed by atoms with Crippen LogP contribution in [0.5, 0.6) is 0 Å². The Hall–Kier alpha value is -3.26. The molecule has 4 aliphatic rings. The molecule has 3 aliphatic carbocycles. The molecule has 1 aromatic carbocycles. The summed E-state index contributed by atoms with van der Waals surface area (Å²) in [4.78, 5) is 34.4. The van der Waals surface area contributed by atoms with Gasteiger partial charge in [0.15, 0.2) is 6.10 Å². The molecule has 1 fully saturated rings. The van der Waals surface area contributed by atoms with Gasteiger partial charge in [-0.15, -0.1) is 0 Å². The van der Waals surface area contributed by atoms with Crippen LogP contribution in [0.15, 0.2) is 53.6 Å². The second-order valence-electron chi connectivity index (χ2n) is 12.6. The van der Waals surface area contributed by atoms with Crippen molar-refractivity contribution in [3.8, 4) is 0 Å². The first-order valence-corrected chi connectivity index (χ1v) is 14.4. The molecule has 7 atom stereocenters. The highest BCUT2D eigenvalue weighted by atomic mass is 19.4. The molecule has 0 amide bonds. The van der Waals surface area contributed by atoms with Gasteiger partial charge in [0.25, 0.3) is 0 Å². The number of esters is 2. The van der Waals surface area contributed by atoms with Gasteiger partial charge in [0.1, 0.15) is 29.5 Å². The van der Waals surface area contributed by atoms with Gasteiger partial charge in [-0.1, -0.05) is 63.3 Å². The summed E-state index contributed by atoms with van der Waals surface area (Å²) < 4.78 is 42.9. The van der Waals surface area contributed by atoms with E-state index < -0.39 is 58.4 Å². The fourth-order valence-corrected chi connectivity index (χ4v) is 7.20. The fraction of sp³-hybridized carbons (Fsp3) is 0.581. The number of benzene rings is 1. The third kappa shape index (κ3) is 5.44. The van der Waals surface area contributed by atoms with E-state index in [4.69, 9.17) is 25.1 Å². The molecule has 44 heavy (non-hydrogen) atoms. The highest BCUT2D eigenvalue weighted by molar-refractivity contribution is 5.92. The van der Waals surface area contributed by atoms with Gasteiger partial charge >= 0.3 is 24.1 Å². The molecule has 242 valence electrons. The number of hydrogen-bond donors (Lipinski definition) is 5. The van der Waals surface area contributed by atoms with Crippen LogP contribution in [0, 0.1) is 17.3 Å². The SMILES string of the molecule is CC(C)[C@]1(O)C=C[C@@]2(O)[C@@]3(C)CCC4=C(COC4=O)[C@@H]3CC[C@@]2(O)[C@@H]1OC(=O)[C@@H](N)Cc1ccccc1.O=C(O)C(F)(F)F. The molecule has 1 heterocycles. The van der Waals surface area contributed by atoms with E-state index in [1.54, 1.807) is 13.8 Å². The number of cyclic esters (lactones) is 1. The molecule has 0 saturated heterocycles. The molecular formula is C31H38F3NO9. The first-order chi connectivity index (χ1) is 20.3. The second kappa shape index (κ2) is 11.6. The van der Waals surface area contributed by atoms with Gasteiger partial charge in [-0.25, -0.2) is 9.59 Å². The van der Waals surface area contributed by atoms with Crippen molar-refractivity contribution in [1.82, 2.24) is 0 Å². The largest absolute Gasteiger partial charge is 0.490 e. The summed E-state index contributed by atoms with van der Waals surface area (Å²) in [5.74, 6) is -4.45. The molecule has 1 aliphatic heterocycles. The highest BCUT2D eigenvalue weighted by Gasteiger charge is 2.73. The van der Waals surface area contributed by atoms with Crippen LogP contribution >= 0.6 is 0 Å². The standard InChI is InChI=1S/C29H37NO7.C2HF3O2/c1-17(2)27(33)13-14-29(35)26(3)11-9-19-20(16-36-23(19)31)21(26)10-12-28(29,34)25(27)37-24(32)22(30)15-18-7-5-4-6-8-18;3-2(4,5)1(6)7/h4-8,13-14,17,21-22,25,33-35H,9-12,15-16,30H2,1-3H3;(H,6,7)/t21-,22-,25+,26-,27+,28+,29+;/m0./s1. The molecule has 13 heteroatoms. The lowest BCUT2D eigenvalue weighted by atomic mass is 9.44. The number of rotatable bonds is 5. The third-order valence-electron chi connectivity index (χ3n) is 9.87. The van der Waals surface area contributed by atoms with E-state index in [1.807, 2.05) is 37.3 Å². The summed E-state index contributed by atoms with van der Waals surface area (Å²) in [6.07, 6.45) is -1.97. The predicted octanol–water partition coefficient (Wildman–Crippen LogP) is 2.58. The number of halogens is 3. The lowest BCUT2D eigenvalue weighted by Gasteiger charge is -2.65. The van der Waals surface area contributed by atoms with Crippen LogP contribution in [0.25, 0.3) is 0 Å². The second-order valence-corrected chi connectivity index (χ2v) is 12.6. The molecule has 0 bridgehead atoms. The summed E-state index contributed by atoms with van der Waals surface area (Å²) in [7, 11) is 0. The molecule has 0 unspecified atom stereocenters. The van der Waals surface area contributed by atoms with Gasteiger partial charge in [-0.2, -0.15) is 13.2 Å². The Morgan fingerprint density at radius 3 is 2.30 bits per heavy atom. The average Bonchev–Trinajstić information content (AvgIpc) is 3.32. The molecule has 1 aromatic rings. The number of fused-ring (bicyclic) bond motifs is 4. The molecule has 6 N–H and O–H groups in total. The van der Waals surface area contributed by atoms with Crippen molar-refractivity contribution < 1.29 is 57.5 Å². The number of carbonyl (C=O) groups is 3. The predicted molar refractivity (Wildman–Crippen MR) is 149 cm³/mol. The van der Waals surface area contributed by atoms with E-state index in [2.05, 4.69) is 0 Å². The van der Waals surface area contributed by atoms with E-state index in [0.717, 1.165) is 11.1 Å². The maximum Gasteiger partial charge on any atom is 0.490 e. The van der Waals surface area contributed by atoms with Crippen molar-refractivity contribution in [3.05, 3.63) is 59.2 Å². The molecular weight excluding hydrogens is 587 g/mol. The number of hydrogen-bond acceptors (Lipinski definition) is 9. The minimum absolute atomic E-state index is 0.0555. The Bertz CT molecular complexity index is 1360. The Balaban J connectivity index is 0.000000566. The summed E-state index contributed by atoms with van der Waals surface area (Å²) in [6, 6.07) is 8.28. The zero-order chi connectivity index (χ0) is 32.9. The normalized spacial score (nSPS) is 35.0. The number of alkyl halides is 3. The highest BCUT2D eigenvalue weighted by Crippen LogP contribution is 2.64. The number of ether oxygens (including phenoxy) is 2. The van der Waals surface area contributed by atoms with Gasteiger partial charge in [0.2, 0.25) is 0 Å². The zero-order valence-electron chi connectivity index (χ0n) is 24.6. The number of aliphatic carboxylic acids is 1. The maximum absolute atomic E-state index is 13.3. The first kappa shape index (κ1) is 33.6. The molecule has 0 aromatic heterocycles. The van der Waals surface area contributed by atoms with Crippen molar-refractivity contribution >= 4 is 17.9 Å². The van der Waals surface area contributed by atoms with Crippen LogP contribution in [-0.2, 0) is 30.3 Å². The smallest absolute Gasteiger partial charge is 0.475 e. The number of carboxylic acids is 1. The van der Waals surface area contributed by atoms with Crippen LogP contribution in [0.4, 0.5) is 13.2 Å². The van der Waals surface area contributed by atoms with Crippen LogP contribution in [-0.4, -0.2) is 80.1 Å². The Kier molecular flexibility index (Phi) is 8.86. The lowest BCUT2D eigenvalue weighted by Crippen LogP contribution is -2.78. The third-order valence-corrected chi connectivity index (χ3v) is 9.87. The molecule has 5 rings (SSSR count). The van der Waals surface area contributed by atoms with Gasteiger partial charge in [0, 0.05) is 11.0 Å². The molecule has 0 spiro atoms. The fourth-order valence-electron chi connectivity index (χ4n) is 7.20. The van der Waals surface area contributed by atoms with Crippen molar-refractivity contribution in [2.45, 2.75) is 88.0 Å². The van der Waals surface area contributed by atoms with Crippen molar-refractivity contribution in [1.29, 1.82) is 0 Å². The van der Waals surface area contributed by atoms with Crippen molar-refractivity contribution in [3.63, 3.8) is 0 Å². The lowest BCUT2D eigenvalue weighted by molar-refractivity contribution is -0.298. The van der Waals surface area contributed by atoms with E-state index in [9.17, 15) is 38.1 Å². The van der Waals surface area contributed by atoms with Crippen LogP contribution < -0.4 is 5.73 Å². The summed E-state index contributed by atoms with van der Waals surface area (Å²) in [5.41, 5.74) is 2.21. The Labute approximate surface area is 252 Å². The van der Waals surface area contributed by atoms with Crippen LogP contribution in [0.3, 0.4) is 0 Å². The quantitative estimate of drug-likeness (QED) is 0.242. The average molecular weight is 626 g/mol. The van der Waals surface area contributed by atoms with Crippen LogP contribution in [0.1, 0.15) is 52.0 Å². The monoisotopic (exact) mass is 625 g/mol. The summed E-state index contributed by atoms with van der Waals surface area (Å²) >= 11 is 0. The van der Waals surface area contributed by atoms with Gasteiger partial charge in [-0.05, 0) is 55.1 Å². The van der Waals surface area contributed by atoms with E-state index >= 15 is 0 Å². The molecule has 1 saturated carbocycles. The van der Waals surface area contributed by atoms with Crippen LogP contribution in [0.2, 0.25) is 0 Å². The van der Waals surface area contributed by atoms with Crippen molar-refractivity contribution in [2.24, 2.45) is 23.0 Å². The van der Waals surface area contributed by atoms with E-state index in [0.29, 0.717) is 24.8 Å². The van der Waals surface area contributed by atoms with Crippen molar-refractivity contribution in [2.75, 3.05) is 6.61 Å². The Morgan fingerprint density at radius 2 is 1.73 bits per heavy atom. The van der Waals surface area contributed by atoms with Gasteiger partial charge < -0.3 is 35.6 Å². The van der Waals surface area contributed by atoms with Gasteiger partial charge in [-0.3, -0.25) is 4.79 Å². The minimum Gasteiger partial charge on any atom is -0.475 e. The molecule has 10 nitrogen and oxygen atoms in total. The number of carboxylic acid groups (broad SMARTS) is 1. The maximum atomic E-state index is 13.3. The zero-order valence-corrected chi connectivity index (χ0v) is 24.6. The number of nitrogens with two attached hydrogens (primary N) is 1. The van der Waals surface area contributed by atoms with Gasteiger partial charge in [0.05, 0.1) is 0 Å². The Morgan fingerprint density at radius 1 is 1.11 bits per heavy atom. The molecule has 0 radical (unpaired) electrons. The van der Waals surface area contributed by atoms with E-state index in [1.165, 1.54) is 12.2 Å².